The van der Waals surface area contributed by atoms with Gasteiger partial charge in [0.05, 0.1) is 12.1 Å². The molecule has 30 heavy (non-hydrogen) atoms. The molecule has 156 valence electrons. The fraction of sp³-hybridized carbons (Fsp3) is 0.350. The van der Waals surface area contributed by atoms with Gasteiger partial charge in [0.15, 0.2) is 0 Å². The van der Waals surface area contributed by atoms with Crippen LogP contribution in [-0.2, 0) is 4.74 Å². The molecule has 3 aromatic rings. The van der Waals surface area contributed by atoms with E-state index in [0.29, 0.717) is 16.1 Å². The Kier molecular flexibility index (Phi) is 5.29. The maximum absolute atomic E-state index is 12.5. The van der Waals surface area contributed by atoms with Crippen LogP contribution in [0.25, 0.3) is 10.9 Å². The van der Waals surface area contributed by atoms with E-state index in [9.17, 15) is 9.59 Å². The molecule has 10 heteroatoms. The van der Waals surface area contributed by atoms with E-state index in [1.165, 1.54) is 11.2 Å². The number of pyridine rings is 1. The van der Waals surface area contributed by atoms with E-state index in [4.69, 9.17) is 16.3 Å². The minimum atomic E-state index is -0.484. The van der Waals surface area contributed by atoms with Gasteiger partial charge in [-0.25, -0.2) is 19.7 Å². The fourth-order valence-electron chi connectivity index (χ4n) is 3.42. The van der Waals surface area contributed by atoms with Gasteiger partial charge >= 0.3 is 6.09 Å². The second-order valence-electron chi connectivity index (χ2n) is 7.52. The van der Waals surface area contributed by atoms with Gasteiger partial charge in [-0.1, -0.05) is 25.4 Å². The Labute approximate surface area is 177 Å². The lowest BCUT2D eigenvalue weighted by Gasteiger charge is -2.22. The van der Waals surface area contributed by atoms with E-state index in [-0.39, 0.29) is 36.0 Å². The smallest absolute Gasteiger partial charge is 0.417 e. The molecule has 2 atom stereocenters. The number of cyclic esters (lactones) is 1. The Balaban J connectivity index is 1.61. The SMILES string of the molecule is CC(C)C1COC(=O)N1c1ncnc(N[C@H](C)c2cc3cc(Cl)ccc3[nH]c2=O)n1. The monoisotopic (exact) mass is 428 g/mol. The van der Waals surface area contributed by atoms with Crippen molar-refractivity contribution < 1.29 is 9.53 Å². The highest BCUT2D eigenvalue weighted by Crippen LogP contribution is 2.25. The summed E-state index contributed by atoms with van der Waals surface area (Å²) in [7, 11) is 0. The van der Waals surface area contributed by atoms with Crippen molar-refractivity contribution in [1.82, 2.24) is 19.9 Å². The number of halogens is 1. The molecular formula is C20H21ClN6O3. The van der Waals surface area contributed by atoms with Crippen LogP contribution in [0, 0.1) is 5.92 Å². The van der Waals surface area contributed by atoms with Gasteiger partial charge in [0.25, 0.3) is 5.56 Å². The second kappa shape index (κ2) is 7.91. The third kappa shape index (κ3) is 3.80. The first-order chi connectivity index (χ1) is 14.3. The summed E-state index contributed by atoms with van der Waals surface area (Å²) >= 11 is 6.07. The highest BCUT2D eigenvalue weighted by molar-refractivity contribution is 6.31. The Bertz CT molecular complexity index is 1160. The number of ether oxygens (including phenoxy) is 1. The number of amides is 1. The molecule has 0 saturated carbocycles. The summed E-state index contributed by atoms with van der Waals surface area (Å²) in [5.74, 6) is 0.631. The number of anilines is 2. The number of nitrogens with zero attached hydrogens (tertiary/aromatic N) is 4. The van der Waals surface area contributed by atoms with E-state index in [0.717, 1.165) is 5.39 Å². The predicted molar refractivity (Wildman–Crippen MR) is 114 cm³/mol. The van der Waals surface area contributed by atoms with E-state index in [1.807, 2.05) is 20.8 Å². The van der Waals surface area contributed by atoms with E-state index < -0.39 is 12.1 Å². The third-order valence-corrected chi connectivity index (χ3v) is 5.33. The molecule has 4 rings (SSSR count). The molecule has 0 bridgehead atoms. The van der Waals surface area contributed by atoms with Crippen LogP contribution in [0.2, 0.25) is 5.02 Å². The van der Waals surface area contributed by atoms with Crippen molar-refractivity contribution in [2.75, 3.05) is 16.8 Å². The fourth-order valence-corrected chi connectivity index (χ4v) is 3.60. The minimum absolute atomic E-state index is 0.154. The Hall–Kier alpha value is -3.20. The van der Waals surface area contributed by atoms with Gasteiger partial charge in [-0.15, -0.1) is 0 Å². The summed E-state index contributed by atoms with van der Waals surface area (Å²) < 4.78 is 5.16. The van der Waals surface area contributed by atoms with E-state index in [1.54, 1.807) is 24.3 Å². The summed E-state index contributed by atoms with van der Waals surface area (Å²) in [5.41, 5.74) is 0.990. The number of hydrogen-bond acceptors (Lipinski definition) is 7. The summed E-state index contributed by atoms with van der Waals surface area (Å²) in [6, 6.07) is 6.50. The molecule has 2 N–H and O–H groups in total. The van der Waals surface area contributed by atoms with Crippen LogP contribution in [0.4, 0.5) is 16.7 Å². The number of rotatable bonds is 5. The van der Waals surface area contributed by atoms with Crippen LogP contribution in [0.15, 0.2) is 35.4 Å². The van der Waals surface area contributed by atoms with Crippen molar-refractivity contribution in [2.45, 2.75) is 32.9 Å². The van der Waals surface area contributed by atoms with Crippen LogP contribution < -0.4 is 15.8 Å². The van der Waals surface area contributed by atoms with Gasteiger partial charge in [0, 0.05) is 21.5 Å². The molecular weight excluding hydrogens is 408 g/mol. The highest BCUT2D eigenvalue weighted by atomic mass is 35.5. The molecule has 1 unspecified atom stereocenters. The molecule has 0 aliphatic carbocycles. The molecule has 1 aliphatic rings. The van der Waals surface area contributed by atoms with Crippen molar-refractivity contribution in [1.29, 1.82) is 0 Å². The molecule has 3 heterocycles. The molecule has 0 spiro atoms. The van der Waals surface area contributed by atoms with Crippen molar-refractivity contribution in [3.05, 3.63) is 51.5 Å². The largest absolute Gasteiger partial charge is 0.447 e. The quantitative estimate of drug-likeness (QED) is 0.639. The number of nitrogens with one attached hydrogen (secondary N) is 2. The van der Waals surface area contributed by atoms with Gasteiger partial charge in [0.2, 0.25) is 11.9 Å². The lowest BCUT2D eigenvalue weighted by atomic mass is 10.1. The first kappa shape index (κ1) is 20.1. The Morgan fingerprint density at radius 3 is 2.80 bits per heavy atom. The van der Waals surface area contributed by atoms with Crippen molar-refractivity contribution in [2.24, 2.45) is 5.92 Å². The zero-order valence-electron chi connectivity index (χ0n) is 16.7. The summed E-state index contributed by atoms with van der Waals surface area (Å²) in [5, 5.41) is 4.51. The maximum Gasteiger partial charge on any atom is 0.417 e. The molecule has 1 saturated heterocycles. The number of H-pyrrole nitrogens is 1. The lowest BCUT2D eigenvalue weighted by Crippen LogP contribution is -2.38. The summed E-state index contributed by atoms with van der Waals surface area (Å²) in [4.78, 5) is 41.6. The van der Waals surface area contributed by atoms with Crippen LogP contribution >= 0.6 is 11.6 Å². The number of fused-ring (bicyclic) bond motifs is 1. The number of aromatic amines is 1. The van der Waals surface area contributed by atoms with E-state index >= 15 is 0 Å². The highest BCUT2D eigenvalue weighted by Gasteiger charge is 2.38. The average molecular weight is 429 g/mol. The van der Waals surface area contributed by atoms with Crippen LogP contribution in [0.5, 0.6) is 0 Å². The normalized spacial score (nSPS) is 17.4. The number of carbonyl (C=O) groups is 1. The van der Waals surface area contributed by atoms with Crippen molar-refractivity contribution >= 4 is 40.5 Å². The molecule has 1 aliphatic heterocycles. The summed E-state index contributed by atoms with van der Waals surface area (Å²) in [6.45, 7) is 6.11. The average Bonchev–Trinajstić information content (AvgIpc) is 3.09. The molecule has 1 fully saturated rings. The standard InChI is InChI=1S/C20H21ClN6O3/c1-10(2)16-8-30-20(29)27(16)19-23-9-22-18(26-19)24-11(3)14-7-12-6-13(21)4-5-15(12)25-17(14)28/h4-7,9-11,16H,8H2,1-3H3,(H,25,28)(H,22,23,24,26)/t11-,16?/m1/s1. The van der Waals surface area contributed by atoms with Gasteiger partial charge in [0.1, 0.15) is 12.9 Å². The van der Waals surface area contributed by atoms with Crippen molar-refractivity contribution in [3.8, 4) is 0 Å². The van der Waals surface area contributed by atoms with Gasteiger partial charge < -0.3 is 15.0 Å². The zero-order valence-corrected chi connectivity index (χ0v) is 17.5. The first-order valence-corrected chi connectivity index (χ1v) is 9.95. The third-order valence-electron chi connectivity index (χ3n) is 5.10. The minimum Gasteiger partial charge on any atom is -0.447 e. The van der Waals surface area contributed by atoms with Crippen molar-refractivity contribution in [3.63, 3.8) is 0 Å². The first-order valence-electron chi connectivity index (χ1n) is 9.57. The van der Waals surface area contributed by atoms with Gasteiger partial charge in [-0.05, 0) is 37.1 Å². The van der Waals surface area contributed by atoms with Crippen LogP contribution in [0.3, 0.4) is 0 Å². The molecule has 1 aromatic carbocycles. The van der Waals surface area contributed by atoms with Gasteiger partial charge in [-0.3, -0.25) is 4.79 Å². The van der Waals surface area contributed by atoms with Crippen LogP contribution in [0.1, 0.15) is 32.4 Å². The zero-order chi connectivity index (χ0) is 21.4. The molecule has 9 nitrogen and oxygen atoms in total. The number of hydrogen-bond donors (Lipinski definition) is 2. The molecule has 2 aromatic heterocycles. The van der Waals surface area contributed by atoms with Gasteiger partial charge in [-0.2, -0.15) is 4.98 Å². The predicted octanol–water partition coefficient (Wildman–Crippen LogP) is 3.52. The number of carbonyl (C=O) groups excluding carboxylic acids is 1. The maximum atomic E-state index is 12.5. The number of benzene rings is 1. The Morgan fingerprint density at radius 2 is 2.03 bits per heavy atom. The Morgan fingerprint density at radius 1 is 1.23 bits per heavy atom. The topological polar surface area (TPSA) is 113 Å². The number of aromatic nitrogens is 4. The molecule has 1 amide bonds. The molecule has 0 radical (unpaired) electrons. The van der Waals surface area contributed by atoms with E-state index in [2.05, 4.69) is 25.3 Å². The lowest BCUT2D eigenvalue weighted by molar-refractivity contribution is 0.177. The second-order valence-corrected chi connectivity index (χ2v) is 7.96. The van der Waals surface area contributed by atoms with Crippen LogP contribution in [-0.4, -0.2) is 38.7 Å². The summed E-state index contributed by atoms with van der Waals surface area (Å²) in [6.07, 6.45) is 0.840.